The largest absolute Gasteiger partial charge is 0.416 e. The molecule has 0 amide bonds. The zero-order valence-corrected chi connectivity index (χ0v) is 8.54. The molecule has 0 aliphatic rings. The van der Waals surface area contributed by atoms with Crippen molar-refractivity contribution in [3.63, 3.8) is 0 Å². The molecule has 0 aliphatic carbocycles. The minimum Gasteiger partial charge on any atom is -0.389 e. The Morgan fingerprint density at radius 1 is 1.38 bits per heavy atom. The zero-order chi connectivity index (χ0) is 12.2. The molecule has 0 bridgehead atoms. The fraction of sp³-hybridized carbons (Fsp3) is 0.333. The summed E-state index contributed by atoms with van der Waals surface area (Å²) in [4.78, 5) is 0. The van der Waals surface area contributed by atoms with Gasteiger partial charge < -0.3 is 5.11 Å². The number of alkyl halides is 3. The normalized spacial score (nSPS) is 13.5. The van der Waals surface area contributed by atoms with Crippen molar-refractivity contribution in [3.05, 3.63) is 48.0 Å². The summed E-state index contributed by atoms with van der Waals surface area (Å²) in [6.45, 7) is 5.08. The number of rotatable bonds is 4. The number of aliphatic hydroxyl groups is 1. The van der Waals surface area contributed by atoms with Crippen LogP contribution in [0.5, 0.6) is 0 Å². The number of aryl methyl sites for hydroxylation is 1. The minimum absolute atomic E-state index is 0.317. The third-order valence-electron chi connectivity index (χ3n) is 2.21. The lowest BCUT2D eigenvalue weighted by Gasteiger charge is -2.09. The number of benzene rings is 1. The van der Waals surface area contributed by atoms with Crippen molar-refractivity contribution in [3.8, 4) is 0 Å². The van der Waals surface area contributed by atoms with Crippen molar-refractivity contribution in [2.45, 2.75) is 25.1 Å². The molecular formula is C12H12F3O. The molecule has 0 heterocycles. The van der Waals surface area contributed by atoms with Crippen LogP contribution in [-0.2, 0) is 12.6 Å². The van der Waals surface area contributed by atoms with E-state index in [4.69, 9.17) is 11.7 Å². The van der Waals surface area contributed by atoms with Crippen molar-refractivity contribution in [2.75, 3.05) is 0 Å². The predicted molar refractivity (Wildman–Crippen MR) is 54.6 cm³/mol. The highest BCUT2D eigenvalue weighted by Crippen LogP contribution is 2.29. The second-order valence-corrected chi connectivity index (χ2v) is 3.50. The molecule has 4 heteroatoms. The fourth-order valence-electron chi connectivity index (χ4n) is 1.31. The van der Waals surface area contributed by atoms with Crippen LogP contribution < -0.4 is 0 Å². The van der Waals surface area contributed by atoms with E-state index in [1.54, 1.807) is 6.07 Å². The highest BCUT2D eigenvalue weighted by Gasteiger charge is 2.30. The molecule has 0 saturated carbocycles. The molecule has 0 aliphatic heterocycles. The standard InChI is InChI=1S/C12H12F3O/c1-2-11(16)7-6-9-4-3-5-10(8-9)12(13,14)15/h1-5,8,11,16H,6-7H2. The van der Waals surface area contributed by atoms with Crippen molar-refractivity contribution >= 4 is 0 Å². The van der Waals surface area contributed by atoms with E-state index in [2.05, 4.69) is 0 Å². The van der Waals surface area contributed by atoms with E-state index in [-0.39, 0.29) is 0 Å². The molecule has 1 rings (SSSR count). The van der Waals surface area contributed by atoms with Crippen LogP contribution in [-0.4, -0.2) is 11.2 Å². The van der Waals surface area contributed by atoms with Crippen LogP contribution >= 0.6 is 0 Å². The Bertz CT molecular complexity index is 358. The number of hydrogen-bond donors (Lipinski definition) is 1. The fourth-order valence-corrected chi connectivity index (χ4v) is 1.31. The first-order valence-electron chi connectivity index (χ1n) is 4.82. The van der Waals surface area contributed by atoms with Crippen molar-refractivity contribution < 1.29 is 18.3 Å². The Hall–Kier alpha value is -1.29. The van der Waals surface area contributed by atoms with Gasteiger partial charge in [0.25, 0.3) is 0 Å². The maximum Gasteiger partial charge on any atom is 0.416 e. The van der Waals surface area contributed by atoms with Gasteiger partial charge in [0.15, 0.2) is 0 Å². The molecule has 1 N–H and O–H groups in total. The topological polar surface area (TPSA) is 20.2 Å². The quantitative estimate of drug-likeness (QED) is 0.841. The van der Waals surface area contributed by atoms with E-state index < -0.39 is 17.8 Å². The Labute approximate surface area is 92.2 Å². The first-order chi connectivity index (χ1) is 7.43. The maximum atomic E-state index is 12.4. The molecule has 1 atom stereocenters. The Balaban J connectivity index is 2.72. The molecule has 1 aromatic rings. The third kappa shape index (κ3) is 3.70. The summed E-state index contributed by atoms with van der Waals surface area (Å²) in [6.07, 6.45) is -3.31. The second-order valence-electron chi connectivity index (χ2n) is 3.50. The lowest BCUT2D eigenvalue weighted by Crippen LogP contribution is -2.07. The van der Waals surface area contributed by atoms with E-state index in [1.807, 2.05) is 0 Å². The Morgan fingerprint density at radius 3 is 2.62 bits per heavy atom. The summed E-state index contributed by atoms with van der Waals surface area (Å²) in [5.74, 6) is 0. The van der Waals surface area contributed by atoms with Crippen LogP contribution in [0.4, 0.5) is 13.2 Å². The van der Waals surface area contributed by atoms with E-state index in [0.717, 1.165) is 18.2 Å². The summed E-state index contributed by atoms with van der Waals surface area (Å²) >= 11 is 0. The predicted octanol–water partition coefficient (Wildman–Crippen LogP) is 2.99. The average Bonchev–Trinajstić information content (AvgIpc) is 2.25. The third-order valence-corrected chi connectivity index (χ3v) is 2.21. The smallest absolute Gasteiger partial charge is 0.389 e. The van der Waals surface area contributed by atoms with Gasteiger partial charge in [0.1, 0.15) is 0 Å². The van der Waals surface area contributed by atoms with Crippen LogP contribution in [0.3, 0.4) is 0 Å². The van der Waals surface area contributed by atoms with Gasteiger partial charge in [-0.2, -0.15) is 13.2 Å². The molecular weight excluding hydrogens is 217 g/mol. The maximum absolute atomic E-state index is 12.4. The van der Waals surface area contributed by atoms with Crippen LogP contribution in [0.15, 0.2) is 30.3 Å². The molecule has 1 radical (unpaired) electrons. The van der Waals surface area contributed by atoms with Gasteiger partial charge in [-0.3, -0.25) is 0 Å². The molecule has 1 aromatic carbocycles. The lowest BCUT2D eigenvalue weighted by molar-refractivity contribution is -0.137. The van der Waals surface area contributed by atoms with Gasteiger partial charge in [-0.15, -0.1) is 0 Å². The van der Waals surface area contributed by atoms with Crippen molar-refractivity contribution in [2.24, 2.45) is 0 Å². The molecule has 0 aromatic heterocycles. The summed E-state index contributed by atoms with van der Waals surface area (Å²) in [5.41, 5.74) is -0.132. The first-order valence-corrected chi connectivity index (χ1v) is 4.82. The second kappa shape index (κ2) is 5.16. The van der Waals surface area contributed by atoms with Crippen LogP contribution in [0.1, 0.15) is 17.5 Å². The van der Waals surface area contributed by atoms with E-state index in [0.29, 0.717) is 18.4 Å². The molecule has 0 spiro atoms. The highest BCUT2D eigenvalue weighted by atomic mass is 19.4. The molecule has 1 nitrogen and oxygen atoms in total. The van der Waals surface area contributed by atoms with E-state index in [9.17, 15) is 13.2 Å². The molecule has 0 fully saturated rings. The van der Waals surface area contributed by atoms with Gasteiger partial charge >= 0.3 is 6.18 Å². The zero-order valence-electron chi connectivity index (χ0n) is 8.54. The van der Waals surface area contributed by atoms with Crippen molar-refractivity contribution in [1.29, 1.82) is 0 Å². The molecule has 0 saturated heterocycles. The number of aliphatic hydroxyl groups excluding tert-OH is 1. The van der Waals surface area contributed by atoms with E-state index in [1.165, 1.54) is 6.07 Å². The highest BCUT2D eigenvalue weighted by molar-refractivity contribution is 5.25. The number of hydrogen-bond acceptors (Lipinski definition) is 1. The summed E-state index contributed by atoms with van der Waals surface area (Å²) in [7, 11) is 0. The van der Waals surface area contributed by atoms with Gasteiger partial charge in [-0.05, 0) is 24.5 Å². The SMILES string of the molecule is [CH]=CC(O)CCc1cccc(C(F)(F)F)c1. The monoisotopic (exact) mass is 229 g/mol. The molecule has 87 valence electrons. The first kappa shape index (κ1) is 12.8. The summed E-state index contributed by atoms with van der Waals surface area (Å²) in [6, 6.07) is 5.06. The minimum atomic E-state index is -4.32. The average molecular weight is 229 g/mol. The molecule has 1 unspecified atom stereocenters. The van der Waals surface area contributed by atoms with Gasteiger partial charge in [0, 0.05) is 0 Å². The van der Waals surface area contributed by atoms with Crippen LogP contribution in [0.25, 0.3) is 0 Å². The van der Waals surface area contributed by atoms with Gasteiger partial charge in [0.2, 0.25) is 0 Å². The molecule has 16 heavy (non-hydrogen) atoms. The van der Waals surface area contributed by atoms with Crippen LogP contribution in [0, 0.1) is 6.58 Å². The number of halogens is 3. The van der Waals surface area contributed by atoms with Crippen molar-refractivity contribution in [1.82, 2.24) is 0 Å². The van der Waals surface area contributed by atoms with Gasteiger partial charge in [0.05, 0.1) is 11.7 Å². The lowest BCUT2D eigenvalue weighted by atomic mass is 10.0. The van der Waals surface area contributed by atoms with Crippen LogP contribution in [0.2, 0.25) is 0 Å². The van der Waals surface area contributed by atoms with Gasteiger partial charge in [-0.25, -0.2) is 0 Å². The van der Waals surface area contributed by atoms with Gasteiger partial charge in [-0.1, -0.05) is 30.9 Å². The summed E-state index contributed by atoms with van der Waals surface area (Å²) < 4.78 is 37.1. The Kier molecular flexibility index (Phi) is 4.12. The summed E-state index contributed by atoms with van der Waals surface area (Å²) in [5, 5.41) is 9.15. The van der Waals surface area contributed by atoms with E-state index >= 15 is 0 Å². The Morgan fingerprint density at radius 2 is 2.06 bits per heavy atom.